The lowest BCUT2D eigenvalue weighted by atomic mass is 10.0. The van der Waals surface area contributed by atoms with Crippen LogP contribution in [0.3, 0.4) is 0 Å². The largest absolute Gasteiger partial charge is 0.307 e. The van der Waals surface area contributed by atoms with Gasteiger partial charge in [0.2, 0.25) is 0 Å². The first-order chi connectivity index (χ1) is 10.8. The minimum Gasteiger partial charge on any atom is -0.307 e. The highest BCUT2D eigenvalue weighted by Crippen LogP contribution is 2.16. The van der Waals surface area contributed by atoms with Crippen molar-refractivity contribution in [1.82, 2.24) is 10.2 Å². The Morgan fingerprint density at radius 3 is 2.68 bits per heavy atom. The Bertz CT molecular complexity index is 608. The second kappa shape index (κ2) is 7.45. The summed E-state index contributed by atoms with van der Waals surface area (Å²) in [5.74, 6) is 0. The molecule has 22 heavy (non-hydrogen) atoms. The van der Waals surface area contributed by atoms with Gasteiger partial charge < -0.3 is 5.32 Å². The van der Waals surface area contributed by atoms with Crippen molar-refractivity contribution in [2.24, 2.45) is 0 Å². The Kier molecular flexibility index (Phi) is 5.11. The van der Waals surface area contributed by atoms with Crippen LogP contribution in [-0.4, -0.2) is 30.1 Å². The third kappa shape index (κ3) is 4.10. The Labute approximate surface area is 133 Å². The molecule has 1 heterocycles. The molecule has 1 atom stereocenters. The van der Waals surface area contributed by atoms with E-state index in [0.717, 1.165) is 6.54 Å². The molecule has 0 spiro atoms. The lowest BCUT2D eigenvalue weighted by Crippen LogP contribution is -2.45. The standard InChI is InChI=1S/C20H24N2/c1-17(19-10-6-3-7-11-19)21-20-12-14-22(15-13-20)16-18-8-4-2-5-9-18/h2-6,8-10,17,20-21H,12-16H2,1H3. The van der Waals surface area contributed by atoms with Gasteiger partial charge in [-0.05, 0) is 50.6 Å². The van der Waals surface area contributed by atoms with E-state index in [4.69, 9.17) is 0 Å². The number of nitrogens with one attached hydrogen (secondary N) is 1. The maximum atomic E-state index is 3.74. The molecule has 0 aromatic heterocycles. The highest BCUT2D eigenvalue weighted by Gasteiger charge is 2.21. The van der Waals surface area contributed by atoms with Crippen molar-refractivity contribution in [2.75, 3.05) is 13.1 Å². The molecule has 2 aliphatic rings. The summed E-state index contributed by atoms with van der Waals surface area (Å²) in [6, 6.07) is 11.7. The van der Waals surface area contributed by atoms with Crippen LogP contribution in [0.25, 0.3) is 0 Å². The summed E-state index contributed by atoms with van der Waals surface area (Å²) < 4.78 is 0. The average Bonchev–Trinajstić information content (AvgIpc) is 2.58. The van der Waals surface area contributed by atoms with Gasteiger partial charge in [-0.2, -0.15) is 0 Å². The predicted octanol–water partition coefficient (Wildman–Crippen LogP) is 3.44. The quantitative estimate of drug-likeness (QED) is 0.836. The number of allylic oxidation sites excluding steroid dienone is 2. The maximum absolute atomic E-state index is 3.74. The first-order valence-electron chi connectivity index (χ1n) is 8.22. The molecule has 1 unspecified atom stereocenters. The Hall–Kier alpha value is -1.82. The molecule has 3 rings (SSSR count). The Morgan fingerprint density at radius 2 is 2.00 bits per heavy atom. The third-order valence-electron chi connectivity index (χ3n) is 4.46. The Balaban J connectivity index is 1.47. The van der Waals surface area contributed by atoms with Gasteiger partial charge in [-0.25, -0.2) is 0 Å². The zero-order valence-corrected chi connectivity index (χ0v) is 13.3. The smallest absolute Gasteiger partial charge is 0.0373 e. The zero-order chi connectivity index (χ0) is 15.2. The molecule has 114 valence electrons. The van der Waals surface area contributed by atoms with Crippen LogP contribution in [0, 0.1) is 0 Å². The number of piperidine rings is 1. The molecule has 1 saturated heterocycles. The number of nitrogens with zero attached hydrogens (tertiary/aromatic N) is 1. The van der Waals surface area contributed by atoms with Crippen LogP contribution in [0.5, 0.6) is 0 Å². The van der Waals surface area contributed by atoms with Crippen LogP contribution in [0.15, 0.2) is 65.6 Å². The molecule has 1 aliphatic heterocycles. The van der Waals surface area contributed by atoms with E-state index in [1.54, 1.807) is 0 Å². The van der Waals surface area contributed by atoms with Crippen LogP contribution in [0.4, 0.5) is 0 Å². The van der Waals surface area contributed by atoms with Gasteiger partial charge in [0.15, 0.2) is 0 Å². The van der Waals surface area contributed by atoms with Crippen molar-refractivity contribution in [3.05, 3.63) is 71.2 Å². The van der Waals surface area contributed by atoms with E-state index in [1.807, 2.05) is 12.2 Å². The molecule has 2 nitrogen and oxygen atoms in total. The molecule has 1 aromatic carbocycles. The molecule has 0 bridgehead atoms. The zero-order valence-electron chi connectivity index (χ0n) is 13.3. The first kappa shape index (κ1) is 15.1. The summed E-state index contributed by atoms with van der Waals surface area (Å²) in [6.07, 6.45) is 8.49. The fourth-order valence-electron chi connectivity index (χ4n) is 3.16. The SMILES string of the molecule is CC(NC1CCN(Cc2ccccc2)CC1)C1=C=C=CC=C1. The number of hydrogen-bond donors (Lipinski definition) is 1. The van der Waals surface area contributed by atoms with Crippen molar-refractivity contribution >= 4 is 0 Å². The molecule has 0 radical (unpaired) electrons. The predicted molar refractivity (Wildman–Crippen MR) is 91.6 cm³/mol. The van der Waals surface area contributed by atoms with Gasteiger partial charge >= 0.3 is 0 Å². The highest BCUT2D eigenvalue weighted by molar-refractivity contribution is 5.29. The number of rotatable bonds is 5. The minimum atomic E-state index is 0.350. The van der Waals surface area contributed by atoms with E-state index in [0.29, 0.717) is 12.1 Å². The maximum Gasteiger partial charge on any atom is 0.0373 e. The molecular weight excluding hydrogens is 268 g/mol. The lowest BCUT2D eigenvalue weighted by Gasteiger charge is -2.34. The van der Waals surface area contributed by atoms with Crippen molar-refractivity contribution in [2.45, 2.75) is 38.4 Å². The number of benzene rings is 1. The number of hydrogen-bond acceptors (Lipinski definition) is 2. The normalized spacial score (nSPS) is 20.1. The van der Waals surface area contributed by atoms with Gasteiger partial charge in [-0.1, -0.05) is 47.9 Å². The highest BCUT2D eigenvalue weighted by atomic mass is 15.1. The van der Waals surface area contributed by atoms with Crippen molar-refractivity contribution < 1.29 is 0 Å². The van der Waals surface area contributed by atoms with Crippen LogP contribution < -0.4 is 5.32 Å². The lowest BCUT2D eigenvalue weighted by molar-refractivity contribution is 0.188. The summed E-state index contributed by atoms with van der Waals surface area (Å²) in [5.41, 5.74) is 8.86. The molecule has 2 heteroatoms. The monoisotopic (exact) mass is 292 g/mol. The van der Waals surface area contributed by atoms with Gasteiger partial charge in [0.25, 0.3) is 0 Å². The molecule has 0 saturated carbocycles. The molecule has 1 fully saturated rings. The van der Waals surface area contributed by atoms with Crippen LogP contribution in [-0.2, 0) is 6.54 Å². The van der Waals surface area contributed by atoms with Crippen molar-refractivity contribution in [3.8, 4) is 0 Å². The fraction of sp³-hybridized carbons (Fsp3) is 0.400. The van der Waals surface area contributed by atoms with E-state index in [2.05, 4.69) is 65.0 Å². The topological polar surface area (TPSA) is 15.3 Å². The van der Waals surface area contributed by atoms with Gasteiger partial charge in [-0.3, -0.25) is 4.90 Å². The van der Waals surface area contributed by atoms with E-state index < -0.39 is 0 Å². The molecular formula is C20H24N2. The summed E-state index contributed by atoms with van der Waals surface area (Å²) in [4.78, 5) is 2.56. The second-order valence-electron chi connectivity index (χ2n) is 6.17. The van der Waals surface area contributed by atoms with E-state index in [9.17, 15) is 0 Å². The molecule has 1 aromatic rings. The summed E-state index contributed by atoms with van der Waals surface area (Å²) in [6.45, 7) is 5.63. The van der Waals surface area contributed by atoms with Gasteiger partial charge in [0, 0.05) is 24.2 Å². The van der Waals surface area contributed by atoms with E-state index in [1.165, 1.54) is 37.1 Å². The first-order valence-corrected chi connectivity index (χ1v) is 8.22. The molecule has 1 N–H and O–H groups in total. The fourth-order valence-corrected chi connectivity index (χ4v) is 3.16. The van der Waals surface area contributed by atoms with Crippen LogP contribution in [0.2, 0.25) is 0 Å². The summed E-state index contributed by atoms with van der Waals surface area (Å²) in [5, 5.41) is 3.74. The summed E-state index contributed by atoms with van der Waals surface area (Å²) in [7, 11) is 0. The van der Waals surface area contributed by atoms with Crippen LogP contribution >= 0.6 is 0 Å². The van der Waals surface area contributed by atoms with E-state index in [-0.39, 0.29) is 0 Å². The third-order valence-corrected chi connectivity index (χ3v) is 4.46. The van der Waals surface area contributed by atoms with Crippen molar-refractivity contribution in [3.63, 3.8) is 0 Å². The van der Waals surface area contributed by atoms with Gasteiger partial charge in [0.05, 0.1) is 0 Å². The second-order valence-corrected chi connectivity index (χ2v) is 6.17. The summed E-state index contributed by atoms with van der Waals surface area (Å²) >= 11 is 0. The van der Waals surface area contributed by atoms with Crippen LogP contribution in [0.1, 0.15) is 25.3 Å². The average molecular weight is 292 g/mol. The Morgan fingerprint density at radius 1 is 1.23 bits per heavy atom. The van der Waals surface area contributed by atoms with Gasteiger partial charge in [0.1, 0.15) is 0 Å². The molecule has 0 amide bonds. The van der Waals surface area contributed by atoms with Crippen molar-refractivity contribution in [1.29, 1.82) is 0 Å². The van der Waals surface area contributed by atoms with Gasteiger partial charge in [-0.15, -0.1) is 0 Å². The molecule has 1 aliphatic carbocycles. The number of likely N-dealkylation sites (tertiary alicyclic amines) is 1. The minimum absolute atomic E-state index is 0.350. The van der Waals surface area contributed by atoms with E-state index >= 15 is 0 Å².